The van der Waals surface area contributed by atoms with Crippen molar-refractivity contribution in [3.05, 3.63) is 47.8 Å². The Morgan fingerprint density at radius 2 is 1.80 bits per heavy atom. The number of piperazine rings is 1. The highest BCUT2D eigenvalue weighted by atomic mass is 16.5. The third-order valence-corrected chi connectivity index (χ3v) is 6.66. The zero-order valence-electron chi connectivity index (χ0n) is 21.6. The minimum Gasteiger partial charge on any atom is -0.497 e. The number of hydrogen-bond acceptors (Lipinski definition) is 6. The van der Waals surface area contributed by atoms with E-state index in [1.165, 1.54) is 5.69 Å². The Labute approximate surface area is 208 Å². The number of carbonyl (C=O) groups is 1. The molecule has 1 aliphatic heterocycles. The topological polar surface area (TPSA) is 75.5 Å². The van der Waals surface area contributed by atoms with Crippen LogP contribution in [0.25, 0.3) is 11.0 Å². The number of carbonyl (C=O) groups excluding carboxylic acids is 1. The first-order valence-electron chi connectivity index (χ1n) is 12.6. The highest BCUT2D eigenvalue weighted by molar-refractivity contribution is 6.05. The Kier molecular flexibility index (Phi) is 7.90. The number of fused-ring (bicyclic) bond motifs is 1. The monoisotopic (exact) mass is 478 g/mol. The molecule has 0 atom stereocenters. The molecule has 1 amide bonds. The lowest BCUT2D eigenvalue weighted by molar-refractivity contribution is 0.0953. The molecule has 3 heterocycles. The largest absolute Gasteiger partial charge is 0.497 e. The van der Waals surface area contributed by atoms with Gasteiger partial charge in [0.25, 0.3) is 5.91 Å². The zero-order valence-corrected chi connectivity index (χ0v) is 21.6. The first-order chi connectivity index (χ1) is 16.9. The molecule has 1 aliphatic rings. The molecule has 188 valence electrons. The lowest BCUT2D eigenvalue weighted by Crippen LogP contribution is -2.47. The van der Waals surface area contributed by atoms with Crippen LogP contribution in [0.3, 0.4) is 0 Å². The van der Waals surface area contributed by atoms with Crippen LogP contribution in [0.2, 0.25) is 0 Å². The van der Waals surface area contributed by atoms with Crippen LogP contribution < -0.4 is 15.0 Å². The number of methoxy groups -OCH3 is 1. The van der Waals surface area contributed by atoms with Crippen molar-refractivity contribution in [2.45, 2.75) is 46.1 Å². The number of nitrogens with zero attached hydrogens (tertiary/aromatic N) is 5. The summed E-state index contributed by atoms with van der Waals surface area (Å²) in [6.07, 6.45) is 2.69. The summed E-state index contributed by atoms with van der Waals surface area (Å²) in [5, 5.41) is 8.43. The first-order valence-corrected chi connectivity index (χ1v) is 12.6. The number of amides is 1. The van der Waals surface area contributed by atoms with Gasteiger partial charge in [0, 0.05) is 50.1 Å². The van der Waals surface area contributed by atoms with Gasteiger partial charge in [-0.2, -0.15) is 5.10 Å². The average Bonchev–Trinajstić information content (AvgIpc) is 3.31. The Hall–Kier alpha value is -3.13. The smallest absolute Gasteiger partial charge is 0.252 e. The van der Waals surface area contributed by atoms with Crippen LogP contribution in [0.1, 0.15) is 62.1 Å². The van der Waals surface area contributed by atoms with Crippen molar-refractivity contribution < 1.29 is 9.53 Å². The minimum absolute atomic E-state index is 0.0491. The number of aromatic nitrogens is 3. The summed E-state index contributed by atoms with van der Waals surface area (Å²) in [7, 11) is 1.69. The van der Waals surface area contributed by atoms with E-state index in [0.29, 0.717) is 12.1 Å². The van der Waals surface area contributed by atoms with E-state index < -0.39 is 0 Å². The van der Waals surface area contributed by atoms with E-state index in [4.69, 9.17) is 9.72 Å². The Morgan fingerprint density at radius 3 is 2.43 bits per heavy atom. The van der Waals surface area contributed by atoms with Crippen LogP contribution in [-0.4, -0.2) is 71.9 Å². The molecule has 1 N–H and O–H groups in total. The Bertz CT molecular complexity index is 1130. The first kappa shape index (κ1) is 25.0. The Morgan fingerprint density at radius 1 is 1.09 bits per heavy atom. The number of rotatable bonds is 9. The van der Waals surface area contributed by atoms with Crippen LogP contribution in [0, 0.1) is 0 Å². The van der Waals surface area contributed by atoms with Crippen LogP contribution in [-0.2, 0) is 0 Å². The normalized spacial score (nSPS) is 14.8. The number of nitrogens with one attached hydrogen (secondary N) is 1. The standard InChI is InChI=1S/C27H38N6O2/c1-19(2)25-17-23(24-18-29-33(20(3)4)26(24)30-25)27(34)28-11-6-12-31-13-15-32(16-14-31)21-7-9-22(35-5)10-8-21/h7-10,17-20H,6,11-16H2,1-5H3,(H,28,34). The maximum absolute atomic E-state index is 13.1. The molecule has 0 saturated carbocycles. The van der Waals surface area contributed by atoms with Crippen LogP contribution >= 0.6 is 0 Å². The third-order valence-electron chi connectivity index (χ3n) is 6.66. The second-order valence-electron chi connectivity index (χ2n) is 9.81. The van der Waals surface area contributed by atoms with Gasteiger partial charge in [-0.1, -0.05) is 13.8 Å². The van der Waals surface area contributed by atoms with Gasteiger partial charge in [-0.15, -0.1) is 0 Å². The van der Waals surface area contributed by atoms with Gasteiger partial charge >= 0.3 is 0 Å². The van der Waals surface area contributed by atoms with E-state index >= 15 is 0 Å². The molecule has 0 spiro atoms. The van der Waals surface area contributed by atoms with Crippen molar-refractivity contribution >= 4 is 22.6 Å². The molecule has 4 rings (SSSR count). The molecule has 0 unspecified atom stereocenters. The van der Waals surface area contributed by atoms with E-state index in [-0.39, 0.29) is 17.9 Å². The summed E-state index contributed by atoms with van der Waals surface area (Å²) in [4.78, 5) is 22.8. The fourth-order valence-electron chi connectivity index (χ4n) is 4.52. The average molecular weight is 479 g/mol. The van der Waals surface area contributed by atoms with Gasteiger partial charge in [0.1, 0.15) is 5.75 Å². The summed E-state index contributed by atoms with van der Waals surface area (Å²) in [5.74, 6) is 1.07. The van der Waals surface area contributed by atoms with Crippen molar-refractivity contribution in [1.29, 1.82) is 0 Å². The molecule has 1 saturated heterocycles. The van der Waals surface area contributed by atoms with E-state index in [1.807, 2.05) is 22.9 Å². The van der Waals surface area contributed by atoms with Gasteiger partial charge in [0.05, 0.1) is 24.3 Å². The van der Waals surface area contributed by atoms with E-state index in [9.17, 15) is 4.79 Å². The molecule has 3 aromatic rings. The Balaban J connectivity index is 1.29. The molecule has 0 radical (unpaired) electrons. The van der Waals surface area contributed by atoms with Gasteiger partial charge in [0.2, 0.25) is 0 Å². The lowest BCUT2D eigenvalue weighted by Gasteiger charge is -2.36. The van der Waals surface area contributed by atoms with Crippen molar-refractivity contribution in [1.82, 2.24) is 25.0 Å². The molecule has 8 nitrogen and oxygen atoms in total. The molecule has 2 aromatic heterocycles. The number of anilines is 1. The van der Waals surface area contributed by atoms with Crippen molar-refractivity contribution in [2.75, 3.05) is 51.3 Å². The molecule has 35 heavy (non-hydrogen) atoms. The van der Waals surface area contributed by atoms with Crippen LogP contribution in [0.15, 0.2) is 36.5 Å². The van der Waals surface area contributed by atoms with Gasteiger partial charge in [0.15, 0.2) is 5.65 Å². The second-order valence-corrected chi connectivity index (χ2v) is 9.81. The summed E-state index contributed by atoms with van der Waals surface area (Å²) in [5.41, 5.74) is 3.60. The number of benzene rings is 1. The highest BCUT2D eigenvalue weighted by Crippen LogP contribution is 2.24. The summed E-state index contributed by atoms with van der Waals surface area (Å²) in [6.45, 7) is 14.0. The van der Waals surface area contributed by atoms with Gasteiger partial charge in [-0.3, -0.25) is 9.69 Å². The predicted molar refractivity (Wildman–Crippen MR) is 141 cm³/mol. The molecule has 1 aromatic carbocycles. The molecule has 8 heteroatoms. The quantitative estimate of drug-likeness (QED) is 0.467. The molecule has 0 bridgehead atoms. The number of pyridine rings is 1. The van der Waals surface area contributed by atoms with E-state index in [2.05, 4.69) is 60.0 Å². The van der Waals surface area contributed by atoms with Crippen LogP contribution in [0.5, 0.6) is 5.75 Å². The number of ether oxygens (including phenoxy) is 1. The third kappa shape index (κ3) is 5.75. The summed E-state index contributed by atoms with van der Waals surface area (Å²) in [6, 6.07) is 10.4. The highest BCUT2D eigenvalue weighted by Gasteiger charge is 2.20. The molecule has 1 fully saturated rings. The maximum Gasteiger partial charge on any atom is 0.252 e. The van der Waals surface area contributed by atoms with Gasteiger partial charge in [-0.05, 0) is 63.1 Å². The summed E-state index contributed by atoms with van der Waals surface area (Å²) >= 11 is 0. The molecular weight excluding hydrogens is 440 g/mol. The van der Waals surface area contributed by atoms with Crippen molar-refractivity contribution in [3.8, 4) is 5.75 Å². The SMILES string of the molecule is COc1ccc(N2CCN(CCCNC(=O)c3cc(C(C)C)nc4c3cnn4C(C)C)CC2)cc1. The van der Waals surface area contributed by atoms with E-state index in [1.54, 1.807) is 13.3 Å². The molecule has 0 aliphatic carbocycles. The van der Waals surface area contributed by atoms with Gasteiger partial charge in [-0.25, -0.2) is 9.67 Å². The maximum atomic E-state index is 13.1. The van der Waals surface area contributed by atoms with Crippen molar-refractivity contribution in [2.24, 2.45) is 0 Å². The zero-order chi connectivity index (χ0) is 24.9. The lowest BCUT2D eigenvalue weighted by atomic mass is 10.0. The van der Waals surface area contributed by atoms with Crippen molar-refractivity contribution in [3.63, 3.8) is 0 Å². The fourth-order valence-corrected chi connectivity index (χ4v) is 4.52. The van der Waals surface area contributed by atoms with Gasteiger partial charge < -0.3 is 15.0 Å². The number of hydrogen-bond donors (Lipinski definition) is 1. The fraction of sp³-hybridized carbons (Fsp3) is 0.519. The summed E-state index contributed by atoms with van der Waals surface area (Å²) < 4.78 is 7.15. The molecular formula is C27H38N6O2. The predicted octanol–water partition coefficient (Wildman–Crippen LogP) is 4.09. The minimum atomic E-state index is -0.0491. The van der Waals surface area contributed by atoms with E-state index in [0.717, 1.165) is 61.6 Å². The second kappa shape index (κ2) is 11.1. The van der Waals surface area contributed by atoms with Crippen LogP contribution in [0.4, 0.5) is 5.69 Å².